The third-order valence-electron chi connectivity index (χ3n) is 6.38. The van der Waals surface area contributed by atoms with Gasteiger partial charge in [-0.2, -0.15) is 9.90 Å². The number of hydrogen-bond acceptors (Lipinski definition) is 6. The first-order chi connectivity index (χ1) is 12.5. The Balaban J connectivity index is 1.46. The summed E-state index contributed by atoms with van der Waals surface area (Å²) in [6.45, 7) is 0. The van der Waals surface area contributed by atoms with E-state index in [1.54, 1.807) is 11.8 Å². The predicted octanol–water partition coefficient (Wildman–Crippen LogP) is 0.245. The molecule has 2 atom stereocenters. The van der Waals surface area contributed by atoms with Gasteiger partial charge in [0.15, 0.2) is 6.33 Å². The minimum absolute atomic E-state index is 0.148. The van der Waals surface area contributed by atoms with E-state index < -0.39 is 0 Å². The van der Waals surface area contributed by atoms with Crippen LogP contribution in [0.4, 0.5) is 0 Å². The molecule has 0 aromatic carbocycles. The van der Waals surface area contributed by atoms with E-state index in [0.29, 0.717) is 11.8 Å². The molecule has 26 heavy (non-hydrogen) atoms. The highest BCUT2D eigenvalue weighted by Crippen LogP contribution is 2.60. The first-order valence-corrected chi connectivity index (χ1v) is 9.07. The molecule has 4 aliphatic rings. The maximum absolute atomic E-state index is 12.8. The number of nitrogens with one attached hydrogen (secondary N) is 1. The van der Waals surface area contributed by atoms with Gasteiger partial charge in [0, 0.05) is 18.7 Å². The fourth-order valence-corrected chi connectivity index (χ4v) is 5.91. The summed E-state index contributed by atoms with van der Waals surface area (Å²) in [6, 6.07) is 2.87. The molecule has 4 fully saturated rings. The second-order valence-corrected chi connectivity index (χ2v) is 8.33. The van der Waals surface area contributed by atoms with Crippen molar-refractivity contribution >= 4 is 5.91 Å². The first-order valence-electron chi connectivity index (χ1n) is 9.07. The van der Waals surface area contributed by atoms with Crippen LogP contribution in [0.1, 0.15) is 49.0 Å². The molecule has 0 radical (unpaired) electrons. The van der Waals surface area contributed by atoms with Gasteiger partial charge in [-0.15, -0.1) is 10.2 Å². The maximum atomic E-state index is 12.8. The van der Waals surface area contributed by atoms with Crippen molar-refractivity contribution in [1.29, 1.82) is 0 Å². The molecule has 4 aliphatic carbocycles. The number of carbonyl (C=O) groups is 1. The van der Waals surface area contributed by atoms with Crippen LogP contribution in [-0.4, -0.2) is 41.4 Å². The van der Waals surface area contributed by atoms with Gasteiger partial charge >= 0.3 is 0 Å². The lowest BCUT2D eigenvalue weighted by Gasteiger charge is -2.61. The molecule has 2 unspecified atom stereocenters. The standard InChI is InChI=1S/C17H21N7O2/c1-23-14(25)3-2-13(21-23)15(26)20-16-5-11-4-12(6-16)8-17(7-11,9-16)24-19-10-18-22-24/h2-3,10-12H,4-9H2,1H3,(H,20,26). The molecule has 2 heterocycles. The maximum Gasteiger partial charge on any atom is 0.272 e. The second kappa shape index (κ2) is 5.21. The van der Waals surface area contributed by atoms with E-state index in [0.717, 1.165) is 32.1 Å². The van der Waals surface area contributed by atoms with Crippen LogP contribution in [0.3, 0.4) is 0 Å². The van der Waals surface area contributed by atoms with Crippen LogP contribution in [0.25, 0.3) is 0 Å². The number of tetrazole rings is 1. The normalized spacial score (nSPS) is 34.8. The SMILES string of the molecule is Cn1nc(C(=O)NC23CC4CC(C2)CC(n2ncnn2)(C4)C3)ccc1=O. The summed E-state index contributed by atoms with van der Waals surface area (Å²) in [5.41, 5.74) is -0.362. The van der Waals surface area contributed by atoms with E-state index in [1.165, 1.54) is 29.6 Å². The third kappa shape index (κ3) is 2.29. The van der Waals surface area contributed by atoms with Crippen LogP contribution < -0.4 is 10.9 Å². The zero-order chi connectivity index (χ0) is 17.9. The van der Waals surface area contributed by atoms with Crippen molar-refractivity contribution in [2.75, 3.05) is 0 Å². The molecular weight excluding hydrogens is 334 g/mol. The number of rotatable bonds is 3. The zero-order valence-electron chi connectivity index (χ0n) is 14.6. The molecule has 136 valence electrons. The van der Waals surface area contributed by atoms with Crippen molar-refractivity contribution in [3.05, 3.63) is 34.5 Å². The number of aromatic nitrogens is 6. The van der Waals surface area contributed by atoms with E-state index in [2.05, 4.69) is 25.8 Å². The average molecular weight is 355 g/mol. The molecule has 2 aromatic rings. The fraction of sp³-hybridized carbons (Fsp3) is 0.647. The molecule has 6 rings (SSSR count). The summed E-state index contributed by atoms with van der Waals surface area (Å²) >= 11 is 0. The van der Waals surface area contributed by atoms with E-state index in [-0.39, 0.29) is 28.2 Å². The van der Waals surface area contributed by atoms with Gasteiger partial charge in [0.1, 0.15) is 5.69 Å². The van der Waals surface area contributed by atoms with E-state index in [1.807, 2.05) is 0 Å². The summed E-state index contributed by atoms with van der Waals surface area (Å²) in [4.78, 5) is 26.1. The summed E-state index contributed by atoms with van der Waals surface area (Å²) in [6.07, 6.45) is 7.59. The molecule has 4 saturated carbocycles. The Bertz CT molecular complexity index is 905. The minimum Gasteiger partial charge on any atom is -0.345 e. The van der Waals surface area contributed by atoms with Crippen molar-refractivity contribution in [2.24, 2.45) is 18.9 Å². The number of nitrogens with zero attached hydrogens (tertiary/aromatic N) is 6. The van der Waals surface area contributed by atoms with Gasteiger partial charge in [0.25, 0.3) is 11.5 Å². The largest absolute Gasteiger partial charge is 0.345 e. The molecule has 1 N–H and O–H groups in total. The number of aryl methyl sites for hydroxylation is 1. The van der Waals surface area contributed by atoms with Crippen LogP contribution in [0.15, 0.2) is 23.3 Å². The Kier molecular flexibility index (Phi) is 3.14. The number of carbonyl (C=O) groups excluding carboxylic acids is 1. The highest BCUT2D eigenvalue weighted by atomic mass is 16.2. The van der Waals surface area contributed by atoms with Crippen LogP contribution in [0.5, 0.6) is 0 Å². The van der Waals surface area contributed by atoms with Gasteiger partial charge in [-0.1, -0.05) is 0 Å². The van der Waals surface area contributed by atoms with Crippen molar-refractivity contribution in [3.8, 4) is 0 Å². The lowest BCUT2D eigenvalue weighted by atomic mass is 9.50. The summed E-state index contributed by atoms with van der Waals surface area (Å²) in [7, 11) is 1.55. The van der Waals surface area contributed by atoms with Gasteiger partial charge in [0.2, 0.25) is 0 Å². The molecule has 0 spiro atoms. The molecule has 2 aromatic heterocycles. The van der Waals surface area contributed by atoms with E-state index in [4.69, 9.17) is 0 Å². The molecule has 9 heteroatoms. The topological polar surface area (TPSA) is 108 Å². The van der Waals surface area contributed by atoms with E-state index >= 15 is 0 Å². The molecule has 0 saturated heterocycles. The van der Waals surface area contributed by atoms with Crippen molar-refractivity contribution in [2.45, 2.75) is 49.6 Å². The Morgan fingerprint density at radius 2 is 2.00 bits per heavy atom. The Morgan fingerprint density at radius 3 is 2.65 bits per heavy atom. The second-order valence-electron chi connectivity index (χ2n) is 8.33. The van der Waals surface area contributed by atoms with Gasteiger partial charge in [-0.05, 0) is 61.6 Å². The van der Waals surface area contributed by atoms with Crippen molar-refractivity contribution in [1.82, 2.24) is 35.3 Å². The average Bonchev–Trinajstić information content (AvgIpc) is 3.11. The fourth-order valence-electron chi connectivity index (χ4n) is 5.91. The summed E-state index contributed by atoms with van der Waals surface area (Å²) < 4.78 is 1.19. The Morgan fingerprint density at radius 1 is 1.23 bits per heavy atom. The third-order valence-corrected chi connectivity index (χ3v) is 6.38. The lowest BCUT2D eigenvalue weighted by molar-refractivity contribution is -0.0811. The molecule has 1 amide bonds. The lowest BCUT2D eigenvalue weighted by Crippen LogP contribution is -2.66. The predicted molar refractivity (Wildman–Crippen MR) is 90.1 cm³/mol. The molecule has 4 bridgehead atoms. The molecular formula is C17H21N7O2. The minimum atomic E-state index is -0.259. The van der Waals surface area contributed by atoms with Crippen molar-refractivity contribution < 1.29 is 4.79 Å². The molecule has 9 nitrogen and oxygen atoms in total. The van der Waals surface area contributed by atoms with Crippen LogP contribution in [-0.2, 0) is 12.6 Å². The van der Waals surface area contributed by atoms with Crippen LogP contribution >= 0.6 is 0 Å². The van der Waals surface area contributed by atoms with Gasteiger partial charge in [-0.25, -0.2) is 4.68 Å². The molecule has 0 aliphatic heterocycles. The Hall–Kier alpha value is -2.58. The summed E-state index contributed by atoms with van der Waals surface area (Å²) in [5.74, 6) is 0.913. The summed E-state index contributed by atoms with van der Waals surface area (Å²) in [5, 5.41) is 19.8. The van der Waals surface area contributed by atoms with Gasteiger partial charge in [-0.3, -0.25) is 9.59 Å². The van der Waals surface area contributed by atoms with Crippen molar-refractivity contribution in [3.63, 3.8) is 0 Å². The Labute approximate surface area is 149 Å². The van der Waals surface area contributed by atoms with E-state index in [9.17, 15) is 9.59 Å². The quantitative estimate of drug-likeness (QED) is 0.845. The smallest absolute Gasteiger partial charge is 0.272 e. The highest BCUT2D eigenvalue weighted by Gasteiger charge is 2.60. The zero-order valence-corrected chi connectivity index (χ0v) is 14.6. The van der Waals surface area contributed by atoms with Gasteiger partial charge < -0.3 is 5.32 Å². The van der Waals surface area contributed by atoms with Crippen LogP contribution in [0, 0.1) is 11.8 Å². The van der Waals surface area contributed by atoms with Gasteiger partial charge in [0.05, 0.1) is 5.54 Å². The highest BCUT2D eigenvalue weighted by molar-refractivity contribution is 5.92. The number of amides is 1. The van der Waals surface area contributed by atoms with Crippen LogP contribution in [0.2, 0.25) is 0 Å². The number of hydrogen-bond donors (Lipinski definition) is 1. The first kappa shape index (κ1) is 15.7. The monoisotopic (exact) mass is 355 g/mol.